The lowest BCUT2D eigenvalue weighted by atomic mass is 9.96. The van der Waals surface area contributed by atoms with E-state index in [0.29, 0.717) is 5.71 Å². The van der Waals surface area contributed by atoms with E-state index in [0.717, 1.165) is 17.0 Å². The molecule has 21 heavy (non-hydrogen) atoms. The lowest BCUT2D eigenvalue weighted by molar-refractivity contribution is 0.817. The van der Waals surface area contributed by atoms with E-state index < -0.39 is 8.07 Å². The third-order valence-electron chi connectivity index (χ3n) is 3.50. The first-order valence-electron chi connectivity index (χ1n) is 7.08. The highest BCUT2D eigenvalue weighted by Gasteiger charge is 2.15. The first-order valence-corrected chi connectivity index (χ1v) is 10.6. The van der Waals surface area contributed by atoms with Gasteiger partial charge in [-0.1, -0.05) is 38.1 Å². The van der Waals surface area contributed by atoms with Gasteiger partial charge in [0.15, 0.2) is 0 Å². The topological polar surface area (TPSA) is 61.6 Å². The summed E-state index contributed by atoms with van der Waals surface area (Å²) in [6, 6.07) is 0. The molecular weight excluding hydrogens is 278 g/mol. The standard InChI is InChI=1S/C16H25N3OSi/c1-11(10-14(17)8-9-21(5,6)7)12(2)15-13(3)19(4)16(20)18-15/h10,12,17H,1-7H3,(H,18,20)/b11-10-,17-14?. The number of hydrogen-bond donors (Lipinski definition) is 2. The third-order valence-corrected chi connectivity index (χ3v) is 4.37. The normalized spacial score (nSPS) is 13.6. The van der Waals surface area contributed by atoms with Crippen LogP contribution in [-0.4, -0.2) is 23.3 Å². The first kappa shape index (κ1) is 17.2. The van der Waals surface area contributed by atoms with Crippen molar-refractivity contribution in [1.82, 2.24) is 9.55 Å². The molecule has 4 nitrogen and oxygen atoms in total. The number of nitrogens with zero attached hydrogens (tertiary/aromatic N) is 1. The molecule has 0 aliphatic heterocycles. The van der Waals surface area contributed by atoms with Crippen LogP contribution in [-0.2, 0) is 7.05 Å². The van der Waals surface area contributed by atoms with Crippen molar-refractivity contribution < 1.29 is 0 Å². The fourth-order valence-corrected chi connectivity index (χ4v) is 2.43. The lowest BCUT2D eigenvalue weighted by Crippen LogP contribution is -2.16. The fraction of sp³-hybridized carbons (Fsp3) is 0.500. The van der Waals surface area contributed by atoms with Crippen LogP contribution in [0.25, 0.3) is 0 Å². The van der Waals surface area contributed by atoms with Gasteiger partial charge in [0.1, 0.15) is 13.8 Å². The number of aromatic nitrogens is 2. The van der Waals surface area contributed by atoms with E-state index >= 15 is 0 Å². The van der Waals surface area contributed by atoms with Gasteiger partial charge in [-0.3, -0.25) is 9.98 Å². The predicted molar refractivity (Wildman–Crippen MR) is 91.8 cm³/mol. The van der Waals surface area contributed by atoms with Gasteiger partial charge in [-0.2, -0.15) is 0 Å². The lowest BCUT2D eigenvalue weighted by Gasteiger charge is -2.11. The van der Waals surface area contributed by atoms with Crippen LogP contribution in [0.2, 0.25) is 19.6 Å². The maximum absolute atomic E-state index is 11.7. The highest BCUT2D eigenvalue weighted by atomic mass is 28.3. The van der Waals surface area contributed by atoms with Crippen LogP contribution in [0.3, 0.4) is 0 Å². The van der Waals surface area contributed by atoms with E-state index in [-0.39, 0.29) is 11.6 Å². The molecule has 1 heterocycles. The summed E-state index contributed by atoms with van der Waals surface area (Å²) >= 11 is 0. The second-order valence-electron chi connectivity index (χ2n) is 6.51. The Hall–Kier alpha value is -1.80. The van der Waals surface area contributed by atoms with Gasteiger partial charge in [-0.25, -0.2) is 4.79 Å². The number of nitrogens with one attached hydrogen (secondary N) is 2. The first-order chi connectivity index (χ1) is 9.53. The second kappa shape index (κ2) is 6.31. The number of allylic oxidation sites excluding steroid dienone is 2. The highest BCUT2D eigenvalue weighted by Crippen LogP contribution is 2.23. The van der Waals surface area contributed by atoms with Crippen LogP contribution in [0.5, 0.6) is 0 Å². The Labute approximate surface area is 127 Å². The van der Waals surface area contributed by atoms with Gasteiger partial charge in [-0.15, -0.1) is 5.54 Å². The molecule has 0 bridgehead atoms. The largest absolute Gasteiger partial charge is 0.325 e. The Morgan fingerprint density at radius 1 is 1.43 bits per heavy atom. The summed E-state index contributed by atoms with van der Waals surface area (Å²) in [6.07, 6.45) is 1.79. The molecule has 5 heteroatoms. The van der Waals surface area contributed by atoms with Crippen molar-refractivity contribution in [1.29, 1.82) is 5.41 Å². The second-order valence-corrected chi connectivity index (χ2v) is 11.3. The number of rotatable bonds is 3. The van der Waals surface area contributed by atoms with Gasteiger partial charge >= 0.3 is 5.69 Å². The van der Waals surface area contributed by atoms with Crippen LogP contribution in [0.1, 0.15) is 31.2 Å². The zero-order valence-corrected chi connectivity index (χ0v) is 15.0. The van der Waals surface area contributed by atoms with Crippen molar-refractivity contribution in [2.24, 2.45) is 7.05 Å². The summed E-state index contributed by atoms with van der Waals surface area (Å²) in [5, 5.41) is 7.95. The molecule has 0 saturated carbocycles. The summed E-state index contributed by atoms with van der Waals surface area (Å²) in [7, 11) is 0.298. The van der Waals surface area contributed by atoms with Gasteiger partial charge in [0.25, 0.3) is 0 Å². The molecule has 1 aromatic heterocycles. The van der Waals surface area contributed by atoms with Crippen LogP contribution in [0.15, 0.2) is 16.4 Å². The minimum absolute atomic E-state index is 0.0629. The molecule has 0 saturated heterocycles. The average molecular weight is 303 g/mol. The fourth-order valence-electron chi connectivity index (χ4n) is 1.92. The maximum Gasteiger partial charge on any atom is 0.325 e. The van der Waals surface area contributed by atoms with Crippen molar-refractivity contribution >= 4 is 13.8 Å². The third kappa shape index (κ3) is 4.61. The number of aromatic amines is 1. The summed E-state index contributed by atoms with van der Waals surface area (Å²) in [5.74, 6) is 3.00. The Kier molecular flexibility index (Phi) is 5.19. The molecule has 0 radical (unpaired) electrons. The molecule has 1 aromatic rings. The minimum Gasteiger partial charge on any atom is -0.309 e. The van der Waals surface area contributed by atoms with E-state index in [4.69, 9.17) is 5.41 Å². The summed E-state index contributed by atoms with van der Waals surface area (Å²) in [5.41, 5.74) is 6.28. The molecule has 0 fully saturated rings. The molecule has 0 spiro atoms. The van der Waals surface area contributed by atoms with E-state index in [1.807, 2.05) is 20.8 Å². The Morgan fingerprint density at radius 2 is 2.00 bits per heavy atom. The SMILES string of the molecule is C/C(=C/C(=N)C#C[Si](C)(C)C)C(C)c1[nH]c(=O)n(C)c1C. The maximum atomic E-state index is 11.7. The Bertz CT molecular complexity index is 690. The quantitative estimate of drug-likeness (QED) is 0.503. The molecule has 1 rings (SSSR count). The highest BCUT2D eigenvalue weighted by molar-refractivity contribution is 6.84. The monoisotopic (exact) mass is 303 g/mol. The van der Waals surface area contributed by atoms with Crippen molar-refractivity contribution in [2.75, 3.05) is 0 Å². The van der Waals surface area contributed by atoms with Gasteiger partial charge in [0.2, 0.25) is 0 Å². The summed E-state index contributed by atoms with van der Waals surface area (Å²) in [4.78, 5) is 14.5. The van der Waals surface area contributed by atoms with Crippen LogP contribution in [0, 0.1) is 23.8 Å². The average Bonchev–Trinajstić information content (AvgIpc) is 2.62. The van der Waals surface area contributed by atoms with Crippen molar-refractivity contribution in [3.8, 4) is 11.5 Å². The molecule has 0 amide bonds. The number of imidazole rings is 1. The van der Waals surface area contributed by atoms with E-state index in [9.17, 15) is 4.79 Å². The van der Waals surface area contributed by atoms with Gasteiger partial charge in [0.05, 0.1) is 0 Å². The molecule has 0 aliphatic rings. The summed E-state index contributed by atoms with van der Waals surface area (Å²) < 4.78 is 1.61. The van der Waals surface area contributed by atoms with Crippen molar-refractivity contribution in [3.05, 3.63) is 33.5 Å². The number of H-pyrrole nitrogens is 1. The molecule has 2 N–H and O–H groups in total. The van der Waals surface area contributed by atoms with Crippen LogP contribution < -0.4 is 5.69 Å². The van der Waals surface area contributed by atoms with E-state index in [2.05, 4.69) is 36.1 Å². The molecular formula is C16H25N3OSi. The van der Waals surface area contributed by atoms with Gasteiger partial charge in [-0.05, 0) is 19.9 Å². The van der Waals surface area contributed by atoms with Crippen molar-refractivity contribution in [2.45, 2.75) is 46.3 Å². The smallest absolute Gasteiger partial charge is 0.309 e. The molecule has 0 aromatic carbocycles. The van der Waals surface area contributed by atoms with Crippen molar-refractivity contribution in [3.63, 3.8) is 0 Å². The van der Waals surface area contributed by atoms with Crippen LogP contribution >= 0.6 is 0 Å². The molecule has 114 valence electrons. The molecule has 1 unspecified atom stereocenters. The minimum atomic E-state index is -1.46. The zero-order valence-electron chi connectivity index (χ0n) is 14.0. The Morgan fingerprint density at radius 3 is 2.43 bits per heavy atom. The van der Waals surface area contributed by atoms with Gasteiger partial charge in [0, 0.05) is 24.4 Å². The Balaban J connectivity index is 3.01. The molecule has 1 atom stereocenters. The van der Waals surface area contributed by atoms with E-state index in [1.54, 1.807) is 17.7 Å². The van der Waals surface area contributed by atoms with Crippen LogP contribution in [0.4, 0.5) is 0 Å². The zero-order chi connectivity index (χ0) is 16.4. The predicted octanol–water partition coefficient (Wildman–Crippen LogP) is 2.97. The summed E-state index contributed by atoms with van der Waals surface area (Å²) in [6.45, 7) is 12.4. The molecule has 0 aliphatic carbocycles. The van der Waals surface area contributed by atoms with E-state index in [1.165, 1.54) is 0 Å². The van der Waals surface area contributed by atoms with Gasteiger partial charge < -0.3 is 4.98 Å². The number of hydrogen-bond acceptors (Lipinski definition) is 2.